The number of hydrogen-bond acceptors (Lipinski definition) is 8. The van der Waals surface area contributed by atoms with Gasteiger partial charge in [0, 0.05) is 12.4 Å². The molecule has 0 aliphatic carbocycles. The third kappa shape index (κ3) is 3.34. The van der Waals surface area contributed by atoms with Gasteiger partial charge >= 0.3 is 0 Å². The van der Waals surface area contributed by atoms with E-state index in [4.69, 9.17) is 9.29 Å². The van der Waals surface area contributed by atoms with Crippen molar-refractivity contribution < 1.29 is 17.7 Å². The lowest BCUT2D eigenvalue weighted by Crippen LogP contribution is -2.09. The van der Waals surface area contributed by atoms with Crippen molar-refractivity contribution >= 4 is 59.5 Å². The molecule has 0 bridgehead atoms. The number of anilines is 2. The van der Waals surface area contributed by atoms with E-state index in [2.05, 4.69) is 41.2 Å². The molecule has 2 N–H and O–H groups in total. The lowest BCUT2D eigenvalue weighted by Gasteiger charge is -2.25. The van der Waals surface area contributed by atoms with E-state index in [9.17, 15) is 8.42 Å². The molecule has 30 heavy (non-hydrogen) atoms. The van der Waals surface area contributed by atoms with Crippen molar-refractivity contribution in [2.75, 3.05) is 11.1 Å². The summed E-state index contributed by atoms with van der Waals surface area (Å²) in [6.45, 7) is 0. The van der Waals surface area contributed by atoms with Crippen LogP contribution in [0.4, 0.5) is 11.4 Å². The fourth-order valence-electron chi connectivity index (χ4n) is 3.52. The van der Waals surface area contributed by atoms with Gasteiger partial charge in [-0.05, 0) is 40.4 Å². The Bertz CT molecular complexity index is 1430. The van der Waals surface area contributed by atoms with Crippen molar-refractivity contribution in [1.82, 2.24) is 19.9 Å². The molecule has 0 saturated heterocycles. The van der Waals surface area contributed by atoms with E-state index in [1.54, 1.807) is 18.6 Å². The summed E-state index contributed by atoms with van der Waals surface area (Å²) in [7, 11) is -4.02. The van der Waals surface area contributed by atoms with Crippen molar-refractivity contribution in [2.45, 2.75) is 12.8 Å². The fourth-order valence-corrected chi connectivity index (χ4v) is 4.31. The normalized spacial score (nSPS) is 12.9. The summed E-state index contributed by atoms with van der Waals surface area (Å²) in [5.41, 5.74) is 4.48. The number of hydrogen-bond donors (Lipinski definition) is 2. The minimum Gasteiger partial charge on any atom is -0.450 e. The minimum absolute atomic E-state index is 0.266. The van der Waals surface area contributed by atoms with Gasteiger partial charge in [0.25, 0.3) is 10.1 Å². The van der Waals surface area contributed by atoms with Crippen LogP contribution >= 0.6 is 15.9 Å². The molecule has 0 radical (unpaired) electrons. The van der Waals surface area contributed by atoms with Crippen LogP contribution in [0, 0.1) is 0 Å². The lowest BCUT2D eigenvalue weighted by atomic mass is 10.1. The Labute approximate surface area is 179 Å². The molecule has 0 unspecified atom stereocenters. The van der Waals surface area contributed by atoms with Crippen LogP contribution in [0.3, 0.4) is 0 Å². The molecule has 1 aliphatic rings. The number of aromatic nitrogens is 4. The Balaban J connectivity index is 1.65. The van der Waals surface area contributed by atoms with Gasteiger partial charge < -0.3 is 10.1 Å². The second kappa shape index (κ2) is 7.11. The molecular formula is C19H14BrN5O4S. The molecule has 4 aromatic rings. The fraction of sp³-hybridized carbons (Fsp3) is 0.158. The van der Waals surface area contributed by atoms with Gasteiger partial charge in [-0.2, -0.15) is 8.42 Å². The molecule has 0 fully saturated rings. The molecule has 0 amide bonds. The summed E-state index contributed by atoms with van der Waals surface area (Å²) in [5, 5.41) is 3.36. The SMILES string of the molecule is O=S(=O)(O)CCCc1cccc2c1Oc1c(c3nccnc3c3nc(Br)cnc13)N2. The molecule has 9 nitrogen and oxygen atoms in total. The van der Waals surface area contributed by atoms with Crippen LogP contribution < -0.4 is 10.1 Å². The van der Waals surface area contributed by atoms with Crippen LogP contribution in [-0.4, -0.2) is 38.7 Å². The van der Waals surface area contributed by atoms with Gasteiger partial charge in [0.2, 0.25) is 0 Å². The highest BCUT2D eigenvalue weighted by Gasteiger charge is 2.27. The number of halogens is 1. The molecule has 0 spiro atoms. The maximum absolute atomic E-state index is 11.1. The number of nitrogens with zero attached hydrogens (tertiary/aromatic N) is 4. The summed E-state index contributed by atoms with van der Waals surface area (Å²) >= 11 is 3.35. The van der Waals surface area contributed by atoms with Crippen molar-refractivity contribution in [3.63, 3.8) is 0 Å². The Morgan fingerprint density at radius 2 is 1.83 bits per heavy atom. The van der Waals surface area contributed by atoms with Crippen molar-refractivity contribution in [2.24, 2.45) is 0 Å². The monoisotopic (exact) mass is 487 g/mol. The summed E-state index contributed by atoms with van der Waals surface area (Å²) in [5.74, 6) is 0.742. The molecule has 3 heterocycles. The number of rotatable bonds is 4. The zero-order valence-corrected chi connectivity index (χ0v) is 17.7. The number of benzene rings is 2. The molecular weight excluding hydrogens is 474 g/mol. The first-order chi connectivity index (χ1) is 14.4. The molecule has 11 heteroatoms. The van der Waals surface area contributed by atoms with Gasteiger partial charge in [-0.25, -0.2) is 9.97 Å². The predicted octanol–water partition coefficient (Wildman–Crippen LogP) is 4.01. The quantitative estimate of drug-likeness (QED) is 0.285. The van der Waals surface area contributed by atoms with E-state index in [1.807, 2.05) is 18.2 Å². The van der Waals surface area contributed by atoms with Gasteiger partial charge in [0.1, 0.15) is 32.4 Å². The number of aryl methyl sites for hydroxylation is 1. The van der Waals surface area contributed by atoms with Crippen molar-refractivity contribution in [3.8, 4) is 11.5 Å². The lowest BCUT2D eigenvalue weighted by molar-refractivity contribution is 0.474. The highest BCUT2D eigenvalue weighted by Crippen LogP contribution is 2.49. The van der Waals surface area contributed by atoms with Gasteiger partial charge in [-0.15, -0.1) is 0 Å². The number of ether oxygens (including phenoxy) is 1. The third-order valence-corrected chi connectivity index (χ3v) is 5.94. The molecule has 5 rings (SSSR count). The summed E-state index contributed by atoms with van der Waals surface area (Å²) in [6.07, 6.45) is 5.47. The first kappa shape index (κ1) is 19.1. The Kier molecular flexibility index (Phi) is 4.53. The van der Waals surface area contributed by atoms with E-state index < -0.39 is 10.1 Å². The average molecular weight is 488 g/mol. The zero-order valence-electron chi connectivity index (χ0n) is 15.3. The van der Waals surface area contributed by atoms with Gasteiger partial charge in [-0.1, -0.05) is 12.1 Å². The largest absolute Gasteiger partial charge is 0.450 e. The topological polar surface area (TPSA) is 127 Å². The summed E-state index contributed by atoms with van der Waals surface area (Å²) < 4.78 is 38.0. The number of para-hydroxylation sites is 1. The smallest absolute Gasteiger partial charge is 0.264 e. The second-order valence-corrected chi connectivity index (χ2v) is 9.14. The first-order valence-corrected chi connectivity index (χ1v) is 11.4. The zero-order chi connectivity index (χ0) is 20.9. The molecule has 152 valence electrons. The maximum atomic E-state index is 11.1. The first-order valence-electron chi connectivity index (χ1n) is 9.01. The average Bonchev–Trinajstić information content (AvgIpc) is 2.72. The van der Waals surface area contributed by atoms with Crippen LogP contribution in [0.2, 0.25) is 0 Å². The molecule has 2 aromatic carbocycles. The van der Waals surface area contributed by atoms with Gasteiger partial charge in [0.15, 0.2) is 11.5 Å². The predicted molar refractivity (Wildman–Crippen MR) is 115 cm³/mol. The van der Waals surface area contributed by atoms with E-state index in [-0.39, 0.29) is 12.2 Å². The van der Waals surface area contributed by atoms with Crippen LogP contribution in [0.15, 0.2) is 41.4 Å². The number of fused-ring (bicyclic) bond motifs is 7. The van der Waals surface area contributed by atoms with E-state index in [1.165, 1.54) is 0 Å². The third-order valence-electron chi connectivity index (χ3n) is 4.75. The Hall–Kier alpha value is -2.89. The van der Waals surface area contributed by atoms with Crippen LogP contribution in [-0.2, 0) is 16.5 Å². The van der Waals surface area contributed by atoms with Gasteiger partial charge in [-0.3, -0.25) is 14.5 Å². The summed E-state index contributed by atoms with van der Waals surface area (Å²) in [6, 6.07) is 5.58. The second-order valence-electron chi connectivity index (χ2n) is 6.76. The Morgan fingerprint density at radius 1 is 1.03 bits per heavy atom. The van der Waals surface area contributed by atoms with E-state index in [0.29, 0.717) is 50.3 Å². The molecule has 0 atom stereocenters. The maximum Gasteiger partial charge on any atom is 0.264 e. The standard InChI is InChI=1S/C19H14BrN5O4S/c20-12-9-23-16-15(25-12)13-14(22-7-6-21-13)17-19(16)29-18-10(3-1-5-11(18)24-17)4-2-8-30(26,27)28/h1,3,5-7,9,24H,2,4,8H2,(H,26,27,28). The van der Waals surface area contributed by atoms with Gasteiger partial charge in [0.05, 0.1) is 17.6 Å². The van der Waals surface area contributed by atoms with Crippen LogP contribution in [0.5, 0.6) is 11.5 Å². The molecule has 0 saturated carbocycles. The van der Waals surface area contributed by atoms with Crippen molar-refractivity contribution in [3.05, 3.63) is 47.0 Å². The van der Waals surface area contributed by atoms with E-state index >= 15 is 0 Å². The molecule has 2 aromatic heterocycles. The van der Waals surface area contributed by atoms with Crippen LogP contribution in [0.25, 0.3) is 22.1 Å². The molecule has 1 aliphatic heterocycles. The summed E-state index contributed by atoms with van der Waals surface area (Å²) in [4.78, 5) is 17.9. The van der Waals surface area contributed by atoms with Crippen molar-refractivity contribution in [1.29, 1.82) is 0 Å². The van der Waals surface area contributed by atoms with Crippen LogP contribution in [0.1, 0.15) is 12.0 Å². The minimum atomic E-state index is -4.02. The number of nitrogens with one attached hydrogen (secondary N) is 1. The highest BCUT2D eigenvalue weighted by atomic mass is 79.9. The highest BCUT2D eigenvalue weighted by molar-refractivity contribution is 9.10. The Morgan fingerprint density at radius 3 is 2.63 bits per heavy atom. The van der Waals surface area contributed by atoms with E-state index in [0.717, 1.165) is 11.3 Å².